The number of rotatable bonds is 11. The number of aryl methyl sites for hydroxylation is 2. The lowest BCUT2D eigenvalue weighted by Gasteiger charge is -2.32. The van der Waals surface area contributed by atoms with E-state index in [9.17, 15) is 18.0 Å². The van der Waals surface area contributed by atoms with Gasteiger partial charge in [-0.1, -0.05) is 47.5 Å². The van der Waals surface area contributed by atoms with Crippen molar-refractivity contribution in [3.8, 4) is 5.75 Å². The fourth-order valence-electron chi connectivity index (χ4n) is 4.04. The van der Waals surface area contributed by atoms with Crippen molar-refractivity contribution in [3.05, 3.63) is 88.4 Å². The fraction of sp³-hybridized carbons (Fsp3) is 0.310. The van der Waals surface area contributed by atoms with E-state index in [4.69, 9.17) is 16.3 Å². The van der Waals surface area contributed by atoms with Crippen LogP contribution in [0.5, 0.6) is 5.75 Å². The fourth-order valence-corrected chi connectivity index (χ4v) is 5.58. The van der Waals surface area contributed by atoms with Crippen molar-refractivity contribution in [2.75, 3.05) is 24.5 Å². The van der Waals surface area contributed by atoms with Gasteiger partial charge < -0.3 is 15.0 Å². The van der Waals surface area contributed by atoms with Gasteiger partial charge in [-0.05, 0) is 75.2 Å². The Kier molecular flexibility index (Phi) is 9.99. The maximum atomic E-state index is 14.0. The predicted octanol–water partition coefficient (Wildman–Crippen LogP) is 4.71. The van der Waals surface area contributed by atoms with E-state index in [1.165, 1.54) is 24.1 Å². The van der Waals surface area contributed by atoms with Crippen molar-refractivity contribution in [2.24, 2.45) is 0 Å². The van der Waals surface area contributed by atoms with Gasteiger partial charge in [0.2, 0.25) is 11.8 Å². The number of nitrogens with one attached hydrogen (secondary N) is 1. The second-order valence-corrected chi connectivity index (χ2v) is 11.5. The van der Waals surface area contributed by atoms with Crippen LogP contribution in [0.1, 0.15) is 30.5 Å². The summed E-state index contributed by atoms with van der Waals surface area (Å²) in [5.41, 5.74) is 2.65. The number of carbonyl (C=O) groups is 2. The number of sulfonamides is 1. The summed E-state index contributed by atoms with van der Waals surface area (Å²) < 4.78 is 34.5. The van der Waals surface area contributed by atoms with Crippen molar-refractivity contribution >= 4 is 39.1 Å². The van der Waals surface area contributed by atoms with Crippen molar-refractivity contribution in [1.82, 2.24) is 10.2 Å². The quantitative estimate of drug-likeness (QED) is 0.359. The molecule has 1 atom stereocenters. The second-order valence-electron chi connectivity index (χ2n) is 9.22. The Morgan fingerprint density at radius 1 is 0.974 bits per heavy atom. The van der Waals surface area contributed by atoms with Gasteiger partial charge in [-0.3, -0.25) is 13.9 Å². The van der Waals surface area contributed by atoms with E-state index in [0.29, 0.717) is 17.3 Å². The molecule has 3 aromatic rings. The van der Waals surface area contributed by atoms with E-state index in [1.807, 2.05) is 13.8 Å². The molecule has 0 heterocycles. The first-order valence-electron chi connectivity index (χ1n) is 12.5. The van der Waals surface area contributed by atoms with Gasteiger partial charge in [0.15, 0.2) is 0 Å². The molecule has 8 nitrogen and oxygen atoms in total. The zero-order chi connectivity index (χ0) is 28.7. The van der Waals surface area contributed by atoms with Gasteiger partial charge in [0, 0.05) is 18.1 Å². The third kappa shape index (κ3) is 7.30. The van der Waals surface area contributed by atoms with Crippen LogP contribution in [-0.4, -0.2) is 51.4 Å². The van der Waals surface area contributed by atoms with Gasteiger partial charge in [0.25, 0.3) is 10.0 Å². The molecule has 10 heteroatoms. The maximum absolute atomic E-state index is 14.0. The summed E-state index contributed by atoms with van der Waals surface area (Å²) in [7, 11) is -2.75. The number of halogens is 1. The summed E-state index contributed by atoms with van der Waals surface area (Å²) in [5, 5.41) is 3.28. The average molecular weight is 572 g/mol. The van der Waals surface area contributed by atoms with Crippen LogP contribution in [0, 0.1) is 13.8 Å². The molecule has 3 aromatic carbocycles. The second kappa shape index (κ2) is 13.0. The minimum Gasteiger partial charge on any atom is -0.495 e. The summed E-state index contributed by atoms with van der Waals surface area (Å²) in [6.45, 7) is 7.01. The molecule has 0 aliphatic rings. The molecule has 3 rings (SSSR count). The highest BCUT2D eigenvalue weighted by molar-refractivity contribution is 7.92. The number of anilines is 1. The van der Waals surface area contributed by atoms with Crippen LogP contribution in [0.25, 0.3) is 0 Å². The standard InChI is InChI=1S/C29H34ClN3O5S/c1-6-31-29(35)22(4)32(18-23-10-12-24(30)13-11-23)28(34)19-33(26-17-21(3)9-16-27(26)38-5)39(36,37)25-14-7-20(2)8-15-25/h7-17,22H,6,18-19H2,1-5H3,(H,31,35)/t22-/m1/s1. The smallest absolute Gasteiger partial charge is 0.264 e. The Morgan fingerprint density at radius 2 is 1.59 bits per heavy atom. The van der Waals surface area contributed by atoms with Crippen LogP contribution < -0.4 is 14.4 Å². The SMILES string of the molecule is CCNC(=O)[C@@H](C)N(Cc1ccc(Cl)cc1)C(=O)CN(c1cc(C)ccc1OC)S(=O)(=O)c1ccc(C)cc1. The lowest BCUT2D eigenvalue weighted by atomic mass is 10.1. The molecule has 208 valence electrons. The number of carbonyl (C=O) groups excluding carboxylic acids is 2. The average Bonchev–Trinajstić information content (AvgIpc) is 2.91. The van der Waals surface area contributed by atoms with Crippen LogP contribution >= 0.6 is 11.6 Å². The molecule has 1 N–H and O–H groups in total. The summed E-state index contributed by atoms with van der Waals surface area (Å²) in [4.78, 5) is 28.1. The Hall–Kier alpha value is -3.56. The molecule has 0 aliphatic carbocycles. The summed E-state index contributed by atoms with van der Waals surface area (Å²) in [5.74, 6) is -0.603. The van der Waals surface area contributed by atoms with Crippen LogP contribution in [0.4, 0.5) is 5.69 Å². The Labute approximate surface area is 235 Å². The van der Waals surface area contributed by atoms with E-state index in [0.717, 1.165) is 21.0 Å². The zero-order valence-electron chi connectivity index (χ0n) is 22.8. The minimum absolute atomic E-state index is 0.0329. The first-order chi connectivity index (χ1) is 18.5. The first-order valence-corrected chi connectivity index (χ1v) is 14.4. The zero-order valence-corrected chi connectivity index (χ0v) is 24.3. The topological polar surface area (TPSA) is 96.0 Å². The molecule has 0 fully saturated rings. The number of hydrogen-bond donors (Lipinski definition) is 1. The number of methoxy groups -OCH3 is 1. The number of benzene rings is 3. The molecule has 0 spiro atoms. The number of ether oxygens (including phenoxy) is 1. The van der Waals surface area contributed by atoms with Crippen molar-refractivity contribution in [1.29, 1.82) is 0 Å². The summed E-state index contributed by atoms with van der Waals surface area (Å²) in [6.07, 6.45) is 0. The number of amides is 2. The number of nitrogens with zero attached hydrogens (tertiary/aromatic N) is 2. The monoisotopic (exact) mass is 571 g/mol. The van der Waals surface area contributed by atoms with Gasteiger partial charge in [0.05, 0.1) is 17.7 Å². The Bertz CT molecular complexity index is 1410. The molecule has 0 unspecified atom stereocenters. The van der Waals surface area contributed by atoms with Crippen molar-refractivity contribution in [3.63, 3.8) is 0 Å². The van der Waals surface area contributed by atoms with Crippen LogP contribution in [0.15, 0.2) is 71.6 Å². The highest BCUT2D eigenvalue weighted by atomic mass is 35.5. The molecule has 0 radical (unpaired) electrons. The third-order valence-electron chi connectivity index (χ3n) is 6.28. The molecular formula is C29H34ClN3O5S. The normalized spacial score (nSPS) is 11.9. The Balaban J connectivity index is 2.09. The lowest BCUT2D eigenvalue weighted by Crippen LogP contribution is -2.51. The van der Waals surface area contributed by atoms with E-state index < -0.39 is 28.5 Å². The van der Waals surface area contributed by atoms with Gasteiger partial charge in [-0.25, -0.2) is 8.42 Å². The highest BCUT2D eigenvalue weighted by Crippen LogP contribution is 2.34. The van der Waals surface area contributed by atoms with E-state index >= 15 is 0 Å². The molecule has 0 aromatic heterocycles. The Morgan fingerprint density at radius 3 is 2.18 bits per heavy atom. The van der Waals surface area contributed by atoms with Crippen LogP contribution in [0.2, 0.25) is 5.02 Å². The van der Waals surface area contributed by atoms with Crippen molar-refractivity contribution in [2.45, 2.75) is 45.2 Å². The molecule has 0 saturated carbocycles. The first kappa shape index (κ1) is 30.0. The molecule has 0 aliphatic heterocycles. The van der Waals surface area contributed by atoms with Gasteiger partial charge in [-0.15, -0.1) is 0 Å². The van der Waals surface area contributed by atoms with E-state index in [1.54, 1.807) is 68.4 Å². The predicted molar refractivity (Wildman–Crippen MR) is 154 cm³/mol. The van der Waals surface area contributed by atoms with E-state index in [2.05, 4.69) is 5.32 Å². The van der Waals surface area contributed by atoms with Gasteiger partial charge >= 0.3 is 0 Å². The molecule has 0 bridgehead atoms. The van der Waals surface area contributed by atoms with Crippen LogP contribution in [-0.2, 0) is 26.2 Å². The van der Waals surface area contributed by atoms with Crippen LogP contribution in [0.3, 0.4) is 0 Å². The minimum atomic E-state index is -4.20. The number of likely N-dealkylation sites (N-methyl/N-ethyl adjacent to an activating group) is 1. The molecule has 39 heavy (non-hydrogen) atoms. The van der Waals surface area contributed by atoms with Gasteiger partial charge in [-0.2, -0.15) is 0 Å². The van der Waals surface area contributed by atoms with Crippen molar-refractivity contribution < 1.29 is 22.7 Å². The number of hydrogen-bond acceptors (Lipinski definition) is 5. The molecule has 2 amide bonds. The summed E-state index contributed by atoms with van der Waals surface area (Å²) in [6, 6.07) is 17.6. The maximum Gasteiger partial charge on any atom is 0.264 e. The summed E-state index contributed by atoms with van der Waals surface area (Å²) >= 11 is 6.03. The largest absolute Gasteiger partial charge is 0.495 e. The van der Waals surface area contributed by atoms with E-state index in [-0.39, 0.29) is 23.0 Å². The third-order valence-corrected chi connectivity index (χ3v) is 8.30. The highest BCUT2D eigenvalue weighted by Gasteiger charge is 2.33. The molecular weight excluding hydrogens is 538 g/mol. The lowest BCUT2D eigenvalue weighted by molar-refractivity contribution is -0.139. The molecule has 0 saturated heterocycles. The van der Waals surface area contributed by atoms with Gasteiger partial charge in [0.1, 0.15) is 18.3 Å².